The number of nitrogens with zero attached hydrogens (tertiary/aromatic N) is 3. The average molecular weight is 266 g/mol. The van der Waals surface area contributed by atoms with Gasteiger partial charge in [-0.15, -0.1) is 0 Å². The number of hydrogen-bond donors (Lipinski definition) is 1. The lowest BCUT2D eigenvalue weighted by Crippen LogP contribution is -2.31. The molecule has 1 aromatic rings. The van der Waals surface area contributed by atoms with Gasteiger partial charge in [-0.05, 0) is 19.1 Å². The van der Waals surface area contributed by atoms with Gasteiger partial charge < -0.3 is 10.6 Å². The van der Waals surface area contributed by atoms with Crippen LogP contribution < -0.4 is 10.6 Å². The monoisotopic (exact) mass is 266 g/mol. The normalized spacial score (nSPS) is 20.5. The molecule has 1 fully saturated rings. The molecule has 5 nitrogen and oxygen atoms in total. The summed E-state index contributed by atoms with van der Waals surface area (Å²) in [5.41, 5.74) is 5.47. The second-order valence-corrected chi connectivity index (χ2v) is 5.56. The molecule has 0 spiro atoms. The van der Waals surface area contributed by atoms with Crippen molar-refractivity contribution in [2.75, 3.05) is 24.2 Å². The molecule has 0 bridgehead atoms. The van der Waals surface area contributed by atoms with Crippen molar-refractivity contribution in [1.29, 1.82) is 0 Å². The molecular formula is C12H18N4OS. The molecule has 0 aliphatic carbocycles. The lowest BCUT2D eigenvalue weighted by Gasteiger charge is -2.24. The molecule has 1 unspecified atom stereocenters. The molecule has 0 radical (unpaired) electrons. The van der Waals surface area contributed by atoms with Gasteiger partial charge in [0.05, 0.1) is 12.4 Å². The zero-order valence-corrected chi connectivity index (χ0v) is 11.3. The number of hydrogen-bond acceptors (Lipinski definition) is 5. The second kappa shape index (κ2) is 6.04. The molecule has 1 aromatic heterocycles. The summed E-state index contributed by atoms with van der Waals surface area (Å²) in [4.78, 5) is 21.7. The van der Waals surface area contributed by atoms with Gasteiger partial charge in [-0.3, -0.25) is 9.78 Å². The van der Waals surface area contributed by atoms with E-state index in [9.17, 15) is 4.79 Å². The van der Waals surface area contributed by atoms with Crippen molar-refractivity contribution in [3.63, 3.8) is 0 Å². The van der Waals surface area contributed by atoms with Crippen LogP contribution in [0.3, 0.4) is 0 Å². The van der Waals surface area contributed by atoms with Crippen LogP contribution in [0.25, 0.3) is 0 Å². The van der Waals surface area contributed by atoms with Crippen molar-refractivity contribution in [2.45, 2.75) is 24.5 Å². The lowest BCUT2D eigenvalue weighted by molar-refractivity contribution is 0.0995. The Bertz CT molecular complexity index is 426. The number of nitrogens with two attached hydrogens (primary N) is 1. The first-order valence-electron chi connectivity index (χ1n) is 6.10. The van der Waals surface area contributed by atoms with E-state index >= 15 is 0 Å². The number of anilines is 1. The van der Waals surface area contributed by atoms with E-state index in [0.29, 0.717) is 5.25 Å². The van der Waals surface area contributed by atoms with Gasteiger partial charge in [0.15, 0.2) is 0 Å². The van der Waals surface area contributed by atoms with E-state index in [0.717, 1.165) is 25.3 Å². The van der Waals surface area contributed by atoms with Crippen LogP contribution in [-0.2, 0) is 0 Å². The largest absolute Gasteiger partial charge is 0.364 e. The van der Waals surface area contributed by atoms with Crippen LogP contribution in [0.1, 0.15) is 29.8 Å². The topological polar surface area (TPSA) is 72.1 Å². The SMILES string of the molecule is CSC1CCCCN(c2cncc(C(N)=O)n2)C1. The fourth-order valence-corrected chi connectivity index (χ4v) is 2.86. The molecule has 0 aromatic carbocycles. The lowest BCUT2D eigenvalue weighted by atomic mass is 10.2. The quantitative estimate of drug-likeness (QED) is 0.892. The Morgan fingerprint density at radius 3 is 3.06 bits per heavy atom. The molecule has 18 heavy (non-hydrogen) atoms. The third-order valence-corrected chi connectivity index (χ3v) is 4.21. The molecule has 1 amide bonds. The Labute approximate surface area is 111 Å². The smallest absolute Gasteiger partial charge is 0.268 e. The second-order valence-electron chi connectivity index (χ2n) is 4.43. The molecule has 1 saturated heterocycles. The predicted octanol–water partition coefficient (Wildman–Crippen LogP) is 1.30. The average Bonchev–Trinajstić information content (AvgIpc) is 2.64. The Hall–Kier alpha value is -1.30. The van der Waals surface area contributed by atoms with Gasteiger partial charge in [0, 0.05) is 18.3 Å². The minimum atomic E-state index is -0.527. The van der Waals surface area contributed by atoms with Crippen molar-refractivity contribution in [3.05, 3.63) is 18.1 Å². The summed E-state index contributed by atoms with van der Waals surface area (Å²) in [7, 11) is 0. The minimum absolute atomic E-state index is 0.234. The van der Waals surface area contributed by atoms with Gasteiger partial charge in [-0.2, -0.15) is 11.8 Å². The molecule has 0 saturated carbocycles. The van der Waals surface area contributed by atoms with E-state index in [1.165, 1.54) is 19.0 Å². The van der Waals surface area contributed by atoms with Gasteiger partial charge in [0.25, 0.3) is 5.91 Å². The molecule has 1 aliphatic rings. The fourth-order valence-electron chi connectivity index (χ4n) is 2.13. The van der Waals surface area contributed by atoms with Crippen LogP contribution in [0.15, 0.2) is 12.4 Å². The van der Waals surface area contributed by atoms with Gasteiger partial charge in [-0.25, -0.2) is 4.98 Å². The molecule has 2 N–H and O–H groups in total. The highest BCUT2D eigenvalue weighted by Gasteiger charge is 2.19. The number of carbonyl (C=O) groups excluding carboxylic acids is 1. The zero-order chi connectivity index (χ0) is 13.0. The van der Waals surface area contributed by atoms with Crippen LogP contribution in [0.5, 0.6) is 0 Å². The van der Waals surface area contributed by atoms with Crippen LogP contribution in [-0.4, -0.2) is 40.5 Å². The number of rotatable bonds is 3. The third-order valence-electron chi connectivity index (χ3n) is 3.16. The maximum Gasteiger partial charge on any atom is 0.268 e. The maximum atomic E-state index is 11.1. The molecule has 2 heterocycles. The number of aromatic nitrogens is 2. The maximum absolute atomic E-state index is 11.1. The Morgan fingerprint density at radius 1 is 1.50 bits per heavy atom. The third kappa shape index (κ3) is 3.13. The number of thioether (sulfide) groups is 1. The molecule has 2 rings (SSSR count). The zero-order valence-electron chi connectivity index (χ0n) is 10.5. The van der Waals surface area contributed by atoms with E-state index in [-0.39, 0.29) is 5.69 Å². The van der Waals surface area contributed by atoms with Crippen LogP contribution in [0.4, 0.5) is 5.82 Å². The predicted molar refractivity (Wildman–Crippen MR) is 73.9 cm³/mol. The standard InChI is InChI=1S/C12H18N4OS/c1-18-9-4-2-3-5-16(8-9)11-7-14-6-10(15-11)12(13)17/h6-7,9H,2-5,8H2,1H3,(H2,13,17). The van der Waals surface area contributed by atoms with Gasteiger partial charge in [-0.1, -0.05) is 6.42 Å². The number of primary amides is 1. The van der Waals surface area contributed by atoms with Crippen LogP contribution in [0, 0.1) is 0 Å². The van der Waals surface area contributed by atoms with Crippen molar-refractivity contribution in [2.24, 2.45) is 5.73 Å². The fraction of sp³-hybridized carbons (Fsp3) is 0.583. The van der Waals surface area contributed by atoms with E-state index in [4.69, 9.17) is 5.73 Å². The van der Waals surface area contributed by atoms with Crippen LogP contribution >= 0.6 is 11.8 Å². The summed E-state index contributed by atoms with van der Waals surface area (Å²) in [6.45, 7) is 1.92. The van der Waals surface area contributed by atoms with Crippen molar-refractivity contribution < 1.29 is 4.79 Å². The number of amides is 1. The summed E-state index contributed by atoms with van der Waals surface area (Å²) in [5.74, 6) is 0.229. The molecule has 98 valence electrons. The molecule has 6 heteroatoms. The highest BCUT2D eigenvalue weighted by atomic mass is 32.2. The van der Waals surface area contributed by atoms with Crippen molar-refractivity contribution >= 4 is 23.5 Å². The summed E-state index contributed by atoms with van der Waals surface area (Å²) in [6, 6.07) is 0. The van der Waals surface area contributed by atoms with Gasteiger partial charge in [0.1, 0.15) is 11.5 Å². The Morgan fingerprint density at radius 2 is 2.33 bits per heavy atom. The van der Waals surface area contributed by atoms with Crippen molar-refractivity contribution in [1.82, 2.24) is 9.97 Å². The van der Waals surface area contributed by atoms with E-state index in [1.807, 2.05) is 11.8 Å². The van der Waals surface area contributed by atoms with Crippen molar-refractivity contribution in [3.8, 4) is 0 Å². The molecular weight excluding hydrogens is 248 g/mol. The van der Waals surface area contributed by atoms with Gasteiger partial charge >= 0.3 is 0 Å². The molecule has 1 atom stereocenters. The van der Waals surface area contributed by atoms with E-state index in [2.05, 4.69) is 21.1 Å². The summed E-state index contributed by atoms with van der Waals surface area (Å²) >= 11 is 1.89. The summed E-state index contributed by atoms with van der Waals surface area (Å²) in [5, 5.41) is 0.617. The first-order chi connectivity index (χ1) is 8.70. The highest BCUT2D eigenvalue weighted by molar-refractivity contribution is 7.99. The number of carbonyl (C=O) groups is 1. The Balaban J connectivity index is 2.18. The minimum Gasteiger partial charge on any atom is -0.364 e. The summed E-state index contributed by atoms with van der Waals surface area (Å²) < 4.78 is 0. The Kier molecular flexibility index (Phi) is 4.41. The highest BCUT2D eigenvalue weighted by Crippen LogP contribution is 2.23. The molecule has 1 aliphatic heterocycles. The van der Waals surface area contributed by atoms with E-state index < -0.39 is 5.91 Å². The van der Waals surface area contributed by atoms with Crippen LogP contribution in [0.2, 0.25) is 0 Å². The first-order valence-corrected chi connectivity index (χ1v) is 7.39. The summed E-state index contributed by atoms with van der Waals surface area (Å²) in [6.07, 6.45) is 8.88. The first kappa shape index (κ1) is 13.1. The van der Waals surface area contributed by atoms with E-state index in [1.54, 1.807) is 6.20 Å². The van der Waals surface area contributed by atoms with Gasteiger partial charge in [0.2, 0.25) is 0 Å².